The second kappa shape index (κ2) is 9.40. The molecule has 1 unspecified atom stereocenters. The summed E-state index contributed by atoms with van der Waals surface area (Å²) < 4.78 is 0. The van der Waals surface area contributed by atoms with E-state index in [1.165, 1.54) is 18.0 Å². The van der Waals surface area contributed by atoms with Gasteiger partial charge in [-0.1, -0.05) is 48.5 Å². The summed E-state index contributed by atoms with van der Waals surface area (Å²) >= 11 is 0. The van der Waals surface area contributed by atoms with E-state index in [1.807, 2.05) is 38.4 Å². The van der Waals surface area contributed by atoms with Crippen molar-refractivity contribution in [3.05, 3.63) is 77.6 Å². The van der Waals surface area contributed by atoms with Gasteiger partial charge in [-0.2, -0.15) is 0 Å². The van der Waals surface area contributed by atoms with Crippen LogP contribution in [0, 0.1) is 6.92 Å². The quantitative estimate of drug-likeness (QED) is 0.606. The Morgan fingerprint density at radius 2 is 1.79 bits per heavy atom. The number of hydrogen-bond donors (Lipinski definition) is 0. The van der Waals surface area contributed by atoms with Crippen molar-refractivity contribution in [3.63, 3.8) is 0 Å². The molecular weight excluding hydrogens is 414 g/mol. The number of carbonyl (C=O) groups excluding carboxylic acids is 2. The molecule has 170 valence electrons. The number of amides is 2. The van der Waals surface area contributed by atoms with Crippen LogP contribution in [0.15, 0.2) is 60.9 Å². The third kappa shape index (κ3) is 4.72. The highest BCUT2D eigenvalue weighted by molar-refractivity contribution is 5.98. The molecule has 1 aliphatic heterocycles. The van der Waals surface area contributed by atoms with E-state index in [0.29, 0.717) is 31.0 Å². The molecule has 0 spiro atoms. The Morgan fingerprint density at radius 3 is 2.48 bits per heavy atom. The number of benzene rings is 2. The number of carbonyl (C=O) groups is 2. The van der Waals surface area contributed by atoms with Gasteiger partial charge in [-0.25, -0.2) is 9.97 Å². The summed E-state index contributed by atoms with van der Waals surface area (Å²) in [5.41, 5.74) is 4.87. The lowest BCUT2D eigenvalue weighted by Gasteiger charge is -2.39. The molecule has 1 saturated heterocycles. The fraction of sp³-hybridized carbons (Fsp3) is 0.308. The molecule has 7 heteroatoms. The summed E-state index contributed by atoms with van der Waals surface area (Å²) in [6.07, 6.45) is 3.51. The zero-order valence-electron chi connectivity index (χ0n) is 19.5. The standard InChI is InChI=1S/C26H29N5O2/c1-18-8-5-6-11-22(18)20-10-7-9-19(14-20)15-23-25(33)30(4)12-13-31(23)24(32)21-16-27-26(28-17-21)29(2)3/h5-11,14,16-17,23H,12-13,15H2,1-4H3. The maximum atomic E-state index is 13.3. The Morgan fingerprint density at radius 1 is 1.06 bits per heavy atom. The van der Waals surface area contributed by atoms with Gasteiger partial charge in [0.25, 0.3) is 5.91 Å². The summed E-state index contributed by atoms with van der Waals surface area (Å²) in [5, 5.41) is 0. The number of likely N-dealkylation sites (N-methyl/N-ethyl adjacent to an activating group) is 1. The van der Waals surface area contributed by atoms with Crippen LogP contribution in [0.25, 0.3) is 11.1 Å². The maximum absolute atomic E-state index is 13.3. The molecule has 0 bridgehead atoms. The Labute approximate surface area is 194 Å². The Balaban J connectivity index is 1.61. The number of nitrogens with zero attached hydrogens (tertiary/aromatic N) is 5. The SMILES string of the molecule is Cc1ccccc1-c1cccc(CC2C(=O)N(C)CCN2C(=O)c2cnc(N(C)C)nc2)c1. The number of piperazine rings is 1. The number of anilines is 1. The summed E-state index contributed by atoms with van der Waals surface area (Å²) in [6.45, 7) is 3.06. The number of aryl methyl sites for hydroxylation is 1. The van der Waals surface area contributed by atoms with Crippen LogP contribution >= 0.6 is 0 Å². The lowest BCUT2D eigenvalue weighted by molar-refractivity contribution is -0.138. The molecule has 2 aromatic carbocycles. The van der Waals surface area contributed by atoms with Crippen LogP contribution < -0.4 is 4.90 Å². The lowest BCUT2D eigenvalue weighted by Crippen LogP contribution is -2.58. The van der Waals surface area contributed by atoms with E-state index >= 15 is 0 Å². The van der Waals surface area contributed by atoms with Crippen LogP contribution in [0.4, 0.5) is 5.95 Å². The summed E-state index contributed by atoms with van der Waals surface area (Å²) in [6, 6.07) is 15.9. The zero-order chi connectivity index (χ0) is 23.5. The summed E-state index contributed by atoms with van der Waals surface area (Å²) in [5.74, 6) is 0.258. The molecule has 0 radical (unpaired) electrons. The maximum Gasteiger partial charge on any atom is 0.257 e. The normalized spacial score (nSPS) is 16.1. The molecule has 1 aliphatic rings. The van der Waals surface area contributed by atoms with Crippen molar-refractivity contribution in [1.29, 1.82) is 0 Å². The molecule has 33 heavy (non-hydrogen) atoms. The van der Waals surface area contributed by atoms with E-state index in [9.17, 15) is 9.59 Å². The smallest absolute Gasteiger partial charge is 0.257 e. The van der Waals surface area contributed by atoms with E-state index in [0.717, 1.165) is 16.7 Å². The highest BCUT2D eigenvalue weighted by atomic mass is 16.2. The first-order chi connectivity index (χ1) is 15.8. The zero-order valence-corrected chi connectivity index (χ0v) is 19.5. The van der Waals surface area contributed by atoms with Gasteiger partial charge >= 0.3 is 0 Å². The predicted molar refractivity (Wildman–Crippen MR) is 129 cm³/mol. The van der Waals surface area contributed by atoms with E-state index in [2.05, 4.69) is 41.2 Å². The van der Waals surface area contributed by atoms with Gasteiger partial charge < -0.3 is 14.7 Å². The van der Waals surface area contributed by atoms with Gasteiger partial charge in [-0.3, -0.25) is 9.59 Å². The Bertz CT molecular complexity index is 1160. The van der Waals surface area contributed by atoms with E-state index < -0.39 is 6.04 Å². The predicted octanol–water partition coefficient (Wildman–Crippen LogP) is 3.04. The van der Waals surface area contributed by atoms with E-state index in [-0.39, 0.29) is 11.8 Å². The molecule has 2 heterocycles. The van der Waals surface area contributed by atoms with Crippen molar-refractivity contribution in [2.75, 3.05) is 39.1 Å². The molecule has 1 fully saturated rings. The van der Waals surface area contributed by atoms with Gasteiger partial charge in [0.05, 0.1) is 5.56 Å². The topological polar surface area (TPSA) is 69.6 Å². The second-order valence-electron chi connectivity index (χ2n) is 8.66. The van der Waals surface area contributed by atoms with Crippen LogP contribution in [0.1, 0.15) is 21.5 Å². The third-order valence-electron chi connectivity index (χ3n) is 6.07. The van der Waals surface area contributed by atoms with Crippen molar-refractivity contribution < 1.29 is 9.59 Å². The average molecular weight is 444 g/mol. The van der Waals surface area contributed by atoms with Gasteiger partial charge in [0, 0.05) is 53.0 Å². The van der Waals surface area contributed by atoms with Crippen molar-refractivity contribution in [1.82, 2.24) is 19.8 Å². The monoisotopic (exact) mass is 443 g/mol. The first-order valence-corrected chi connectivity index (χ1v) is 11.1. The molecule has 2 amide bonds. The van der Waals surface area contributed by atoms with Crippen LogP contribution in [0.2, 0.25) is 0 Å². The molecule has 0 N–H and O–H groups in total. The molecular formula is C26H29N5O2. The van der Waals surface area contributed by atoms with Crippen LogP contribution in [0.3, 0.4) is 0 Å². The van der Waals surface area contributed by atoms with E-state index in [1.54, 1.807) is 21.7 Å². The minimum Gasteiger partial charge on any atom is -0.347 e. The van der Waals surface area contributed by atoms with Crippen molar-refractivity contribution in [2.24, 2.45) is 0 Å². The molecule has 4 rings (SSSR count). The van der Waals surface area contributed by atoms with Gasteiger partial charge in [-0.15, -0.1) is 0 Å². The fourth-order valence-corrected chi connectivity index (χ4v) is 4.17. The first-order valence-electron chi connectivity index (χ1n) is 11.1. The van der Waals surface area contributed by atoms with Crippen molar-refractivity contribution in [2.45, 2.75) is 19.4 Å². The first kappa shape index (κ1) is 22.5. The minimum atomic E-state index is -0.572. The highest BCUT2D eigenvalue weighted by Gasteiger charge is 2.36. The number of aromatic nitrogens is 2. The molecule has 0 aliphatic carbocycles. The van der Waals surface area contributed by atoms with Gasteiger partial charge in [0.1, 0.15) is 6.04 Å². The van der Waals surface area contributed by atoms with Crippen LogP contribution in [-0.2, 0) is 11.2 Å². The van der Waals surface area contributed by atoms with Gasteiger partial charge in [-0.05, 0) is 29.2 Å². The third-order valence-corrected chi connectivity index (χ3v) is 6.07. The minimum absolute atomic E-state index is 0.0540. The molecule has 7 nitrogen and oxygen atoms in total. The largest absolute Gasteiger partial charge is 0.347 e. The van der Waals surface area contributed by atoms with Gasteiger partial charge in [0.15, 0.2) is 0 Å². The van der Waals surface area contributed by atoms with E-state index in [4.69, 9.17) is 0 Å². The second-order valence-corrected chi connectivity index (χ2v) is 8.66. The Hall–Kier alpha value is -3.74. The molecule has 3 aromatic rings. The van der Waals surface area contributed by atoms with Crippen LogP contribution in [0.5, 0.6) is 0 Å². The molecule has 0 saturated carbocycles. The molecule has 1 aromatic heterocycles. The number of hydrogen-bond acceptors (Lipinski definition) is 5. The number of rotatable bonds is 5. The van der Waals surface area contributed by atoms with Gasteiger partial charge in [0.2, 0.25) is 11.9 Å². The summed E-state index contributed by atoms with van der Waals surface area (Å²) in [4.78, 5) is 40.1. The lowest BCUT2D eigenvalue weighted by atomic mass is 9.95. The van der Waals surface area contributed by atoms with Crippen molar-refractivity contribution in [3.8, 4) is 11.1 Å². The average Bonchev–Trinajstić information content (AvgIpc) is 2.82. The summed E-state index contributed by atoms with van der Waals surface area (Å²) in [7, 11) is 5.48. The van der Waals surface area contributed by atoms with Crippen LogP contribution in [-0.4, -0.2) is 71.9 Å². The highest BCUT2D eigenvalue weighted by Crippen LogP contribution is 2.26. The molecule has 1 atom stereocenters. The Kier molecular flexibility index (Phi) is 6.40. The van der Waals surface area contributed by atoms with Crippen molar-refractivity contribution >= 4 is 17.8 Å². The fourth-order valence-electron chi connectivity index (χ4n) is 4.17.